The molecule has 6 nitrogen and oxygen atoms in total. The number of para-hydroxylation sites is 2. The van der Waals surface area contributed by atoms with Gasteiger partial charge in [0, 0.05) is 6.54 Å². The fourth-order valence-electron chi connectivity index (χ4n) is 3.95. The molecule has 35 heavy (non-hydrogen) atoms. The maximum absolute atomic E-state index is 13.2. The van der Waals surface area contributed by atoms with E-state index in [0.29, 0.717) is 17.9 Å². The normalized spacial score (nSPS) is 12.9. The van der Waals surface area contributed by atoms with Gasteiger partial charge in [-0.2, -0.15) is 18.1 Å². The lowest BCUT2D eigenvalue weighted by Gasteiger charge is -2.16. The molecular formula is C27H20N4O2S2. The first-order chi connectivity index (χ1) is 17.1. The first kappa shape index (κ1) is 22.7. The number of nitriles is 1. The van der Waals surface area contributed by atoms with Crippen molar-refractivity contribution in [1.29, 1.82) is 5.26 Å². The minimum atomic E-state index is -4.01. The summed E-state index contributed by atoms with van der Waals surface area (Å²) >= 11 is 1.09. The molecule has 5 rings (SSSR count). The van der Waals surface area contributed by atoms with Gasteiger partial charge in [-0.15, -0.1) is 11.3 Å². The van der Waals surface area contributed by atoms with E-state index in [9.17, 15) is 13.7 Å². The second kappa shape index (κ2) is 9.66. The summed E-state index contributed by atoms with van der Waals surface area (Å²) < 4.78 is 32.6. The van der Waals surface area contributed by atoms with Crippen molar-refractivity contribution >= 4 is 38.1 Å². The Morgan fingerprint density at radius 2 is 1.63 bits per heavy atom. The van der Waals surface area contributed by atoms with E-state index in [1.54, 1.807) is 35.7 Å². The summed E-state index contributed by atoms with van der Waals surface area (Å²) in [6.45, 7) is 0.481. The van der Waals surface area contributed by atoms with Crippen LogP contribution in [0.4, 0.5) is 0 Å². The second-order valence-corrected chi connectivity index (χ2v) is 10.6. The van der Waals surface area contributed by atoms with Crippen molar-refractivity contribution in [2.24, 2.45) is 4.40 Å². The monoisotopic (exact) mass is 496 g/mol. The molecule has 3 aromatic carbocycles. The molecule has 0 saturated carbocycles. The molecule has 0 spiro atoms. The van der Waals surface area contributed by atoms with E-state index in [1.165, 1.54) is 6.07 Å². The number of fused-ring (bicyclic) bond motifs is 1. The molecule has 0 radical (unpaired) electrons. The van der Waals surface area contributed by atoms with Crippen LogP contribution in [0.1, 0.15) is 22.9 Å². The van der Waals surface area contributed by atoms with Crippen molar-refractivity contribution in [3.05, 3.63) is 119 Å². The van der Waals surface area contributed by atoms with Crippen LogP contribution in [-0.4, -0.2) is 23.7 Å². The molecule has 0 amide bonds. The molecule has 0 aliphatic rings. The minimum Gasteiger partial charge on any atom is -0.322 e. The Hall–Kier alpha value is -4.06. The second-order valence-electron chi connectivity index (χ2n) is 7.84. The molecule has 1 unspecified atom stereocenters. The first-order valence-corrected chi connectivity index (χ1v) is 13.2. The van der Waals surface area contributed by atoms with Gasteiger partial charge < -0.3 is 4.57 Å². The van der Waals surface area contributed by atoms with E-state index in [2.05, 4.69) is 10.5 Å². The smallest absolute Gasteiger partial charge is 0.292 e. The third-order valence-electron chi connectivity index (χ3n) is 5.57. The Kier molecular flexibility index (Phi) is 6.27. The van der Waals surface area contributed by atoms with Crippen LogP contribution < -0.4 is 0 Å². The average molecular weight is 497 g/mol. The highest BCUT2D eigenvalue weighted by Gasteiger charge is 2.29. The molecule has 2 heterocycles. The van der Waals surface area contributed by atoms with Crippen molar-refractivity contribution in [3.63, 3.8) is 0 Å². The Bertz CT molecular complexity index is 1630. The fraction of sp³-hybridized carbons (Fsp3) is 0.0741. The number of hydrogen-bond donors (Lipinski definition) is 0. The number of rotatable bonds is 7. The molecule has 0 N–H and O–H groups in total. The molecule has 0 saturated heterocycles. The van der Waals surface area contributed by atoms with Crippen LogP contribution in [-0.2, 0) is 16.6 Å². The summed E-state index contributed by atoms with van der Waals surface area (Å²) in [5, 5.41) is 12.1. The predicted molar refractivity (Wildman–Crippen MR) is 138 cm³/mol. The Morgan fingerprint density at radius 1 is 0.943 bits per heavy atom. The fourth-order valence-corrected chi connectivity index (χ4v) is 5.98. The van der Waals surface area contributed by atoms with E-state index in [0.717, 1.165) is 27.9 Å². The van der Waals surface area contributed by atoms with Crippen molar-refractivity contribution in [2.45, 2.75) is 16.7 Å². The number of aromatic nitrogens is 2. The van der Waals surface area contributed by atoms with Gasteiger partial charge >= 0.3 is 0 Å². The number of thiophene rings is 1. The maximum atomic E-state index is 13.2. The van der Waals surface area contributed by atoms with Crippen LogP contribution in [0.25, 0.3) is 11.0 Å². The van der Waals surface area contributed by atoms with Gasteiger partial charge in [0.25, 0.3) is 10.0 Å². The molecule has 0 bridgehead atoms. The summed E-state index contributed by atoms with van der Waals surface area (Å²) in [4.78, 5) is 4.79. The molecule has 0 aliphatic heterocycles. The summed E-state index contributed by atoms with van der Waals surface area (Å²) in [5.41, 5.74) is 3.33. The summed E-state index contributed by atoms with van der Waals surface area (Å²) in [7, 11) is -4.01. The lowest BCUT2D eigenvalue weighted by atomic mass is 9.97. The van der Waals surface area contributed by atoms with Crippen molar-refractivity contribution < 1.29 is 8.42 Å². The third kappa shape index (κ3) is 4.64. The van der Waals surface area contributed by atoms with Crippen LogP contribution in [0.15, 0.2) is 111 Å². The lowest BCUT2D eigenvalue weighted by molar-refractivity contribution is 0.600. The Labute approximate surface area is 207 Å². The topological polar surface area (TPSA) is 88.1 Å². The average Bonchev–Trinajstić information content (AvgIpc) is 3.55. The number of nitrogens with zero attached hydrogens (tertiary/aromatic N) is 4. The quantitative estimate of drug-likeness (QED) is 0.273. The number of imidazole rings is 1. The van der Waals surface area contributed by atoms with Crippen molar-refractivity contribution in [3.8, 4) is 6.07 Å². The SMILES string of the molecule is N#CC(C(=NS(=O)(=O)c1cccs1)c1ccccc1)c1nc2ccccc2n1Cc1ccccc1. The van der Waals surface area contributed by atoms with Gasteiger partial charge in [0.05, 0.1) is 22.8 Å². The first-order valence-electron chi connectivity index (χ1n) is 10.9. The van der Waals surface area contributed by atoms with Crippen molar-refractivity contribution in [1.82, 2.24) is 9.55 Å². The standard InChI is InChI=1S/C27H20N4O2S2/c28-18-22(26(21-12-5-2-6-13-21)30-35(32,33)25-16-9-17-34-25)27-29-23-14-7-8-15-24(23)31(27)19-20-10-3-1-4-11-20/h1-17,22H,19H2. The molecule has 2 aromatic heterocycles. The van der Waals surface area contributed by atoms with Crippen LogP contribution in [0.3, 0.4) is 0 Å². The van der Waals surface area contributed by atoms with Gasteiger partial charge in [-0.25, -0.2) is 4.98 Å². The Balaban J connectivity index is 1.72. The van der Waals surface area contributed by atoms with Crippen LogP contribution >= 0.6 is 11.3 Å². The van der Waals surface area contributed by atoms with Gasteiger partial charge in [0.1, 0.15) is 16.0 Å². The summed E-state index contributed by atoms with van der Waals surface area (Å²) in [5.74, 6) is -0.565. The van der Waals surface area contributed by atoms with E-state index >= 15 is 0 Å². The van der Waals surface area contributed by atoms with E-state index in [-0.39, 0.29) is 9.92 Å². The van der Waals surface area contributed by atoms with E-state index in [4.69, 9.17) is 4.98 Å². The highest BCUT2D eigenvalue weighted by Crippen LogP contribution is 2.29. The third-order valence-corrected chi connectivity index (χ3v) is 8.23. The molecular weight excluding hydrogens is 476 g/mol. The number of benzene rings is 3. The molecule has 8 heteroatoms. The summed E-state index contributed by atoms with van der Waals surface area (Å²) in [6, 6.07) is 31.9. The Morgan fingerprint density at radius 3 is 2.31 bits per heavy atom. The lowest BCUT2D eigenvalue weighted by Crippen LogP contribution is -2.20. The molecule has 5 aromatic rings. The van der Waals surface area contributed by atoms with Gasteiger partial charge in [0.2, 0.25) is 0 Å². The highest BCUT2D eigenvalue weighted by molar-refractivity contribution is 7.92. The van der Waals surface area contributed by atoms with Gasteiger partial charge in [0.15, 0.2) is 0 Å². The largest absolute Gasteiger partial charge is 0.322 e. The molecule has 172 valence electrons. The van der Waals surface area contributed by atoms with Crippen LogP contribution in [0, 0.1) is 11.3 Å². The molecule has 0 fully saturated rings. The van der Waals surface area contributed by atoms with Crippen LogP contribution in [0.5, 0.6) is 0 Å². The number of sulfonamides is 1. The summed E-state index contributed by atoms with van der Waals surface area (Å²) in [6.07, 6.45) is 0. The molecule has 0 aliphatic carbocycles. The number of hydrogen-bond acceptors (Lipinski definition) is 5. The maximum Gasteiger partial charge on any atom is 0.292 e. The van der Waals surface area contributed by atoms with E-state index in [1.807, 2.05) is 65.2 Å². The zero-order valence-corrected chi connectivity index (χ0v) is 20.2. The minimum absolute atomic E-state index is 0.125. The zero-order valence-electron chi connectivity index (χ0n) is 18.5. The predicted octanol–water partition coefficient (Wildman–Crippen LogP) is 5.63. The van der Waals surface area contributed by atoms with Gasteiger partial charge in [-0.1, -0.05) is 78.9 Å². The van der Waals surface area contributed by atoms with Gasteiger partial charge in [-0.05, 0) is 34.7 Å². The van der Waals surface area contributed by atoms with Crippen LogP contribution in [0.2, 0.25) is 0 Å². The van der Waals surface area contributed by atoms with E-state index < -0.39 is 15.9 Å². The highest BCUT2D eigenvalue weighted by atomic mass is 32.2. The zero-order chi connectivity index (χ0) is 24.3. The molecule has 1 atom stereocenters. The van der Waals surface area contributed by atoms with Gasteiger partial charge in [-0.3, -0.25) is 0 Å². The van der Waals surface area contributed by atoms with Crippen molar-refractivity contribution in [2.75, 3.05) is 0 Å².